The minimum Gasteiger partial charge on any atom is -0.480 e. The number of hydrogen-bond acceptors (Lipinski definition) is 4. The van der Waals surface area contributed by atoms with Crippen LogP contribution in [0.4, 0.5) is 0 Å². The van der Waals surface area contributed by atoms with E-state index in [1.807, 2.05) is 0 Å². The molecule has 0 unspecified atom stereocenters. The molecule has 0 aliphatic rings. The zero-order valence-electron chi connectivity index (χ0n) is 9.80. The van der Waals surface area contributed by atoms with Gasteiger partial charge in [0.15, 0.2) is 0 Å². The monoisotopic (exact) mass is 277 g/mol. The van der Waals surface area contributed by atoms with Crippen molar-refractivity contribution in [1.82, 2.24) is 4.72 Å². The molecule has 1 rings (SSSR count). The van der Waals surface area contributed by atoms with Crippen LogP contribution in [0.5, 0.6) is 0 Å². The number of aliphatic carboxylic acids is 1. The van der Waals surface area contributed by atoms with Gasteiger partial charge in [-0.15, -0.1) is 11.3 Å². The molecule has 5 nitrogen and oxygen atoms in total. The van der Waals surface area contributed by atoms with E-state index < -0.39 is 22.0 Å². The maximum Gasteiger partial charge on any atom is 0.322 e. The molecular weight excluding hydrogens is 262 g/mol. The second kappa shape index (κ2) is 5.16. The van der Waals surface area contributed by atoms with Crippen LogP contribution >= 0.6 is 11.3 Å². The van der Waals surface area contributed by atoms with Gasteiger partial charge in [-0.25, -0.2) is 8.42 Å². The fraction of sp³-hybridized carbons (Fsp3) is 0.500. The fourth-order valence-electron chi connectivity index (χ4n) is 1.24. The van der Waals surface area contributed by atoms with Crippen molar-refractivity contribution in [3.63, 3.8) is 0 Å². The van der Waals surface area contributed by atoms with Crippen LogP contribution in [0.3, 0.4) is 0 Å². The van der Waals surface area contributed by atoms with E-state index in [9.17, 15) is 13.2 Å². The zero-order chi connectivity index (χ0) is 13.2. The highest BCUT2D eigenvalue weighted by molar-refractivity contribution is 7.91. The molecule has 0 amide bonds. The maximum atomic E-state index is 11.9. The predicted octanol–water partition coefficient (Wildman–Crippen LogP) is 1.44. The molecule has 1 atom stereocenters. The third-order valence-electron chi connectivity index (χ3n) is 2.19. The number of carboxylic acids is 1. The highest BCUT2D eigenvalue weighted by Crippen LogP contribution is 2.20. The average Bonchev–Trinajstić information content (AvgIpc) is 2.61. The van der Waals surface area contributed by atoms with Crippen LogP contribution in [-0.4, -0.2) is 25.5 Å². The Morgan fingerprint density at radius 2 is 2.06 bits per heavy atom. The Morgan fingerprint density at radius 3 is 2.41 bits per heavy atom. The van der Waals surface area contributed by atoms with Crippen molar-refractivity contribution < 1.29 is 18.3 Å². The van der Waals surface area contributed by atoms with E-state index in [1.54, 1.807) is 26.2 Å². The fourth-order valence-corrected chi connectivity index (χ4v) is 3.83. The molecule has 0 bridgehead atoms. The molecule has 7 heteroatoms. The smallest absolute Gasteiger partial charge is 0.322 e. The number of carboxylic acid groups (broad SMARTS) is 1. The Bertz CT molecular complexity index is 504. The van der Waals surface area contributed by atoms with Gasteiger partial charge in [0.1, 0.15) is 10.3 Å². The first-order valence-electron chi connectivity index (χ1n) is 5.04. The molecule has 96 valence electrons. The first kappa shape index (κ1) is 14.1. The summed E-state index contributed by atoms with van der Waals surface area (Å²) < 4.78 is 26.1. The second-order valence-corrected chi connectivity index (χ2v) is 6.98. The third kappa shape index (κ3) is 3.52. The van der Waals surface area contributed by atoms with Crippen molar-refractivity contribution in [3.05, 3.63) is 17.0 Å². The summed E-state index contributed by atoms with van der Waals surface area (Å²) >= 11 is 1.08. The molecular formula is C10H15NO4S2. The van der Waals surface area contributed by atoms with Gasteiger partial charge in [0.05, 0.1) is 0 Å². The van der Waals surface area contributed by atoms with Gasteiger partial charge < -0.3 is 5.11 Å². The van der Waals surface area contributed by atoms with Crippen LogP contribution in [0.2, 0.25) is 0 Å². The lowest BCUT2D eigenvalue weighted by Gasteiger charge is -2.17. The van der Waals surface area contributed by atoms with Gasteiger partial charge in [0, 0.05) is 0 Å². The lowest BCUT2D eigenvalue weighted by Crippen LogP contribution is -2.43. The first-order chi connectivity index (χ1) is 7.74. The Hall–Kier alpha value is -0.920. The van der Waals surface area contributed by atoms with Crippen molar-refractivity contribution in [1.29, 1.82) is 0 Å². The molecule has 0 saturated heterocycles. The highest BCUT2D eigenvalue weighted by atomic mass is 32.2. The molecule has 0 spiro atoms. The first-order valence-corrected chi connectivity index (χ1v) is 7.40. The molecule has 2 N–H and O–H groups in total. The van der Waals surface area contributed by atoms with Gasteiger partial charge >= 0.3 is 5.97 Å². The Kier molecular flexibility index (Phi) is 4.29. The number of thiophene rings is 1. The van der Waals surface area contributed by atoms with Crippen molar-refractivity contribution in [3.8, 4) is 0 Å². The summed E-state index contributed by atoms with van der Waals surface area (Å²) in [5, 5.41) is 10.6. The molecule has 0 saturated carbocycles. The Balaban J connectivity index is 2.97. The predicted molar refractivity (Wildman–Crippen MR) is 65.6 cm³/mol. The van der Waals surface area contributed by atoms with Crippen LogP contribution in [0.25, 0.3) is 0 Å². The summed E-state index contributed by atoms with van der Waals surface area (Å²) in [5.41, 5.74) is 0.840. The number of sulfonamides is 1. The van der Waals surface area contributed by atoms with Gasteiger partial charge in [-0.1, -0.05) is 13.8 Å². The standard InChI is InChI=1S/C10H15NO4S2/c1-6(2)9(10(12)13)11-17(14,15)8-4-7(3)5-16-8/h4-6,9,11H,1-3H3,(H,12,13)/t9-/m0/s1. The van der Waals surface area contributed by atoms with Crippen molar-refractivity contribution >= 4 is 27.3 Å². The van der Waals surface area contributed by atoms with Crippen LogP contribution in [0.1, 0.15) is 19.4 Å². The number of aryl methyl sites for hydroxylation is 1. The van der Waals surface area contributed by atoms with Crippen LogP contribution < -0.4 is 4.72 Å². The van der Waals surface area contributed by atoms with E-state index >= 15 is 0 Å². The average molecular weight is 277 g/mol. The lowest BCUT2D eigenvalue weighted by atomic mass is 10.1. The van der Waals surface area contributed by atoms with E-state index in [4.69, 9.17) is 5.11 Å². The summed E-state index contributed by atoms with van der Waals surface area (Å²) in [6.07, 6.45) is 0. The molecule has 1 aromatic rings. The van der Waals surface area contributed by atoms with Gasteiger partial charge in [-0.3, -0.25) is 4.79 Å². The number of nitrogens with one attached hydrogen (secondary N) is 1. The van der Waals surface area contributed by atoms with Crippen molar-refractivity contribution in [2.45, 2.75) is 31.0 Å². The number of hydrogen-bond donors (Lipinski definition) is 2. The minimum atomic E-state index is -3.74. The summed E-state index contributed by atoms with van der Waals surface area (Å²) in [6.45, 7) is 5.09. The van der Waals surface area contributed by atoms with Crippen molar-refractivity contribution in [2.24, 2.45) is 5.92 Å². The summed E-state index contributed by atoms with van der Waals surface area (Å²) in [5.74, 6) is -1.49. The summed E-state index contributed by atoms with van der Waals surface area (Å²) in [7, 11) is -3.74. The topological polar surface area (TPSA) is 83.5 Å². The SMILES string of the molecule is Cc1csc(S(=O)(=O)N[C@H](C(=O)O)C(C)C)c1. The van der Waals surface area contributed by atoms with E-state index in [0.717, 1.165) is 16.9 Å². The summed E-state index contributed by atoms with van der Waals surface area (Å²) in [6, 6.07) is 0.411. The number of carbonyl (C=O) groups is 1. The minimum absolute atomic E-state index is 0.141. The molecule has 1 aromatic heterocycles. The molecule has 0 aliphatic heterocycles. The normalized spacial score (nSPS) is 13.9. The molecule has 0 fully saturated rings. The highest BCUT2D eigenvalue weighted by Gasteiger charge is 2.28. The second-order valence-electron chi connectivity index (χ2n) is 4.12. The molecule has 0 radical (unpaired) electrons. The quantitative estimate of drug-likeness (QED) is 0.853. The van der Waals surface area contributed by atoms with Crippen LogP contribution in [0.15, 0.2) is 15.7 Å². The largest absolute Gasteiger partial charge is 0.480 e. The lowest BCUT2D eigenvalue weighted by molar-refractivity contribution is -0.140. The van der Waals surface area contributed by atoms with Crippen molar-refractivity contribution in [2.75, 3.05) is 0 Å². The van der Waals surface area contributed by atoms with E-state index in [-0.39, 0.29) is 10.1 Å². The Morgan fingerprint density at radius 1 is 1.47 bits per heavy atom. The molecule has 0 aliphatic carbocycles. The van der Waals surface area contributed by atoms with Gasteiger partial charge in [0.2, 0.25) is 0 Å². The maximum absolute atomic E-state index is 11.9. The van der Waals surface area contributed by atoms with Gasteiger partial charge in [-0.2, -0.15) is 4.72 Å². The van der Waals surface area contributed by atoms with E-state index in [0.29, 0.717) is 0 Å². The molecule has 17 heavy (non-hydrogen) atoms. The summed E-state index contributed by atoms with van der Waals surface area (Å²) in [4.78, 5) is 10.9. The third-order valence-corrected chi connectivity index (χ3v) is 5.18. The van der Waals surface area contributed by atoms with Gasteiger partial charge in [0.25, 0.3) is 10.0 Å². The van der Waals surface area contributed by atoms with E-state index in [1.165, 1.54) is 6.07 Å². The zero-order valence-corrected chi connectivity index (χ0v) is 11.4. The van der Waals surface area contributed by atoms with Crippen LogP contribution in [-0.2, 0) is 14.8 Å². The Labute approximate surface area is 105 Å². The van der Waals surface area contributed by atoms with Crippen LogP contribution in [0, 0.1) is 12.8 Å². The van der Waals surface area contributed by atoms with Gasteiger partial charge in [-0.05, 0) is 29.9 Å². The van der Waals surface area contributed by atoms with E-state index in [2.05, 4.69) is 4.72 Å². The molecule has 0 aromatic carbocycles. The molecule has 1 heterocycles. The number of rotatable bonds is 5.